The SMILES string of the molecule is c1ccc(-c2ccc(-c3cc(-c4ccc5nc(-c6ccccc6)c6ccc7c(c6c5c4)Sc4ccccc4C74c5ccccc5-c5ccccc54)nc(-c4ccccc4)n3)cc2)cc1. The normalized spacial score (nSPS) is 13.1. The molecular formula is C60H37N3S. The first-order valence-electron chi connectivity index (χ1n) is 21.8. The number of benzene rings is 9. The van der Waals surface area contributed by atoms with Crippen molar-refractivity contribution in [1.82, 2.24) is 15.0 Å². The lowest BCUT2D eigenvalue weighted by Crippen LogP contribution is -2.32. The Labute approximate surface area is 375 Å². The van der Waals surface area contributed by atoms with E-state index in [9.17, 15) is 0 Å². The molecule has 1 spiro atoms. The predicted molar refractivity (Wildman–Crippen MR) is 263 cm³/mol. The summed E-state index contributed by atoms with van der Waals surface area (Å²) in [6, 6.07) is 80.8. The van der Waals surface area contributed by atoms with Crippen LogP contribution in [0.3, 0.4) is 0 Å². The van der Waals surface area contributed by atoms with Gasteiger partial charge in [0.05, 0.1) is 28.0 Å². The van der Waals surface area contributed by atoms with Crippen molar-refractivity contribution in [3.05, 3.63) is 247 Å². The van der Waals surface area contributed by atoms with E-state index in [1.807, 2.05) is 30.0 Å². The highest BCUT2D eigenvalue weighted by atomic mass is 32.2. The van der Waals surface area contributed by atoms with Gasteiger partial charge >= 0.3 is 0 Å². The molecule has 0 fully saturated rings. The van der Waals surface area contributed by atoms with Crippen LogP contribution in [0, 0.1) is 0 Å². The van der Waals surface area contributed by atoms with E-state index in [-0.39, 0.29) is 0 Å². The Balaban J connectivity index is 1.08. The minimum absolute atomic E-state index is 0.499. The monoisotopic (exact) mass is 831 g/mol. The standard InChI is InChI=1S/C60H37N3S/c1-4-16-38(17-5-1)39-28-30-40(31-29-39)53-37-54(63-59(62-53)42-20-8-3-9-21-42)43-32-35-52-47(36-43)56-46(57(61-52)41-18-6-2-7-19-41)33-34-51-58(56)64-55-27-15-14-26-50(55)60(51)48-24-12-10-22-44(48)45-23-11-13-25-49(45)60/h1-37H. The molecule has 0 radical (unpaired) electrons. The van der Waals surface area contributed by atoms with Gasteiger partial charge in [0.15, 0.2) is 5.82 Å². The summed E-state index contributed by atoms with van der Waals surface area (Å²) in [4.78, 5) is 18.5. The van der Waals surface area contributed by atoms with Gasteiger partial charge in [-0.3, -0.25) is 0 Å². The summed E-state index contributed by atoms with van der Waals surface area (Å²) in [6.07, 6.45) is 0. The molecule has 2 aromatic heterocycles. The summed E-state index contributed by atoms with van der Waals surface area (Å²) in [5.74, 6) is 0.688. The summed E-state index contributed by atoms with van der Waals surface area (Å²) >= 11 is 1.89. The van der Waals surface area contributed by atoms with Crippen LogP contribution < -0.4 is 0 Å². The number of aromatic nitrogens is 3. The first-order chi connectivity index (χ1) is 31.7. The molecule has 13 rings (SSSR count). The van der Waals surface area contributed by atoms with Crippen LogP contribution in [0.1, 0.15) is 22.3 Å². The topological polar surface area (TPSA) is 38.7 Å². The lowest BCUT2D eigenvalue weighted by molar-refractivity contribution is 0.726. The number of rotatable bonds is 5. The fourth-order valence-corrected chi connectivity index (χ4v) is 11.6. The first-order valence-corrected chi connectivity index (χ1v) is 22.6. The second kappa shape index (κ2) is 14.6. The third-order valence-electron chi connectivity index (χ3n) is 13.2. The second-order valence-electron chi connectivity index (χ2n) is 16.6. The summed E-state index contributed by atoms with van der Waals surface area (Å²) in [7, 11) is 0. The average Bonchev–Trinajstić information content (AvgIpc) is 3.67. The van der Waals surface area contributed by atoms with E-state index in [1.54, 1.807) is 0 Å². The molecule has 3 heterocycles. The Morgan fingerprint density at radius 2 is 0.875 bits per heavy atom. The Kier molecular flexibility index (Phi) is 8.37. The second-order valence-corrected chi connectivity index (χ2v) is 17.7. The van der Waals surface area contributed by atoms with Gasteiger partial charge in [0, 0.05) is 48.2 Å². The van der Waals surface area contributed by atoms with Crippen LogP contribution in [0.15, 0.2) is 234 Å². The van der Waals surface area contributed by atoms with Gasteiger partial charge in [0.1, 0.15) is 0 Å². The molecule has 1 aliphatic carbocycles. The van der Waals surface area contributed by atoms with Crippen molar-refractivity contribution in [1.29, 1.82) is 0 Å². The zero-order chi connectivity index (χ0) is 42.2. The van der Waals surface area contributed by atoms with E-state index in [4.69, 9.17) is 15.0 Å². The highest BCUT2D eigenvalue weighted by Crippen LogP contribution is 2.63. The number of fused-ring (bicyclic) bond motifs is 13. The molecular weight excluding hydrogens is 795 g/mol. The number of hydrogen-bond acceptors (Lipinski definition) is 4. The van der Waals surface area contributed by atoms with E-state index in [0.29, 0.717) is 5.82 Å². The van der Waals surface area contributed by atoms with E-state index in [2.05, 4.69) is 206 Å². The molecule has 4 heteroatoms. The average molecular weight is 832 g/mol. The third-order valence-corrected chi connectivity index (χ3v) is 14.4. The molecule has 0 unspecified atom stereocenters. The molecule has 0 atom stereocenters. The van der Waals surface area contributed by atoms with Crippen LogP contribution in [-0.2, 0) is 5.41 Å². The van der Waals surface area contributed by atoms with Gasteiger partial charge in [-0.25, -0.2) is 15.0 Å². The van der Waals surface area contributed by atoms with E-state index in [0.717, 1.165) is 55.6 Å². The molecule has 2 aliphatic rings. The molecule has 9 aromatic carbocycles. The molecule has 0 bridgehead atoms. The molecule has 11 aromatic rings. The fraction of sp³-hybridized carbons (Fsp3) is 0.0167. The Hall–Kier alpha value is -7.92. The number of pyridine rings is 1. The van der Waals surface area contributed by atoms with E-state index < -0.39 is 5.41 Å². The number of hydrogen-bond donors (Lipinski definition) is 0. The van der Waals surface area contributed by atoms with Crippen molar-refractivity contribution in [2.75, 3.05) is 0 Å². The number of nitrogens with zero attached hydrogens (tertiary/aromatic N) is 3. The summed E-state index contributed by atoms with van der Waals surface area (Å²) in [5, 5.41) is 3.43. The Morgan fingerprint density at radius 3 is 1.56 bits per heavy atom. The van der Waals surface area contributed by atoms with Crippen molar-refractivity contribution in [3.8, 4) is 67.4 Å². The lowest BCUT2D eigenvalue weighted by Gasteiger charge is -2.40. The summed E-state index contributed by atoms with van der Waals surface area (Å²) < 4.78 is 0. The molecule has 0 saturated carbocycles. The zero-order valence-corrected chi connectivity index (χ0v) is 35.4. The van der Waals surface area contributed by atoms with E-state index in [1.165, 1.54) is 59.7 Å². The molecule has 0 amide bonds. The van der Waals surface area contributed by atoms with Crippen molar-refractivity contribution in [2.24, 2.45) is 0 Å². The van der Waals surface area contributed by atoms with E-state index >= 15 is 0 Å². The van der Waals surface area contributed by atoms with Crippen LogP contribution in [0.25, 0.3) is 89.1 Å². The molecule has 1 aliphatic heterocycles. The predicted octanol–water partition coefficient (Wildman–Crippen LogP) is 15.3. The highest BCUT2D eigenvalue weighted by molar-refractivity contribution is 7.99. The lowest BCUT2D eigenvalue weighted by atomic mass is 9.67. The van der Waals surface area contributed by atoms with Gasteiger partial charge in [-0.05, 0) is 68.8 Å². The van der Waals surface area contributed by atoms with Crippen molar-refractivity contribution >= 4 is 33.4 Å². The molecule has 0 saturated heterocycles. The summed E-state index contributed by atoms with van der Waals surface area (Å²) in [6.45, 7) is 0. The smallest absolute Gasteiger partial charge is 0.160 e. The first kappa shape index (κ1) is 36.7. The minimum atomic E-state index is -0.499. The Bertz CT molecular complexity index is 3580. The van der Waals surface area contributed by atoms with Gasteiger partial charge in [-0.15, -0.1) is 0 Å². The Morgan fingerprint density at radius 1 is 0.344 bits per heavy atom. The maximum absolute atomic E-state index is 5.48. The quantitative estimate of drug-likeness (QED) is 0.162. The van der Waals surface area contributed by atoms with Gasteiger partial charge in [-0.1, -0.05) is 212 Å². The van der Waals surface area contributed by atoms with Gasteiger partial charge in [0.2, 0.25) is 0 Å². The summed E-state index contributed by atoms with van der Waals surface area (Å²) in [5.41, 5.74) is 17.5. The molecule has 3 nitrogen and oxygen atoms in total. The molecule has 64 heavy (non-hydrogen) atoms. The van der Waals surface area contributed by atoms with Gasteiger partial charge < -0.3 is 0 Å². The van der Waals surface area contributed by atoms with Gasteiger partial charge in [0.25, 0.3) is 0 Å². The van der Waals surface area contributed by atoms with Crippen LogP contribution in [0.2, 0.25) is 0 Å². The van der Waals surface area contributed by atoms with Crippen LogP contribution in [0.4, 0.5) is 0 Å². The van der Waals surface area contributed by atoms with Gasteiger partial charge in [-0.2, -0.15) is 0 Å². The largest absolute Gasteiger partial charge is 0.247 e. The van der Waals surface area contributed by atoms with Crippen molar-refractivity contribution in [3.63, 3.8) is 0 Å². The maximum Gasteiger partial charge on any atom is 0.160 e. The maximum atomic E-state index is 5.48. The van der Waals surface area contributed by atoms with Crippen LogP contribution in [0.5, 0.6) is 0 Å². The molecule has 298 valence electrons. The zero-order valence-electron chi connectivity index (χ0n) is 34.6. The van der Waals surface area contributed by atoms with Crippen LogP contribution >= 0.6 is 11.8 Å². The van der Waals surface area contributed by atoms with Crippen molar-refractivity contribution < 1.29 is 0 Å². The highest BCUT2D eigenvalue weighted by Gasteiger charge is 2.50. The molecule has 0 N–H and O–H groups in total. The minimum Gasteiger partial charge on any atom is -0.247 e. The fourth-order valence-electron chi connectivity index (χ4n) is 10.3. The van der Waals surface area contributed by atoms with Crippen LogP contribution in [-0.4, -0.2) is 15.0 Å². The van der Waals surface area contributed by atoms with Crippen molar-refractivity contribution in [2.45, 2.75) is 15.2 Å². The third kappa shape index (κ3) is 5.59.